The predicted octanol–water partition coefficient (Wildman–Crippen LogP) is 0.650. The van der Waals surface area contributed by atoms with E-state index in [1.165, 1.54) is 0 Å². The van der Waals surface area contributed by atoms with E-state index >= 15 is 0 Å². The molecule has 0 bridgehead atoms. The van der Waals surface area contributed by atoms with Gasteiger partial charge >= 0.3 is 0 Å². The highest BCUT2D eigenvalue weighted by molar-refractivity contribution is 5.76. The van der Waals surface area contributed by atoms with Crippen molar-refractivity contribution in [3.05, 3.63) is 60.2 Å². The number of nitrogens with one attached hydrogen (secondary N) is 1. The fourth-order valence-corrected chi connectivity index (χ4v) is 3.46. The van der Waals surface area contributed by atoms with E-state index in [0.29, 0.717) is 26.1 Å². The van der Waals surface area contributed by atoms with E-state index in [9.17, 15) is 4.79 Å². The van der Waals surface area contributed by atoms with Crippen LogP contribution >= 0.6 is 0 Å². The topological polar surface area (TPSA) is 103 Å². The molecule has 1 N–H and O–H groups in total. The van der Waals surface area contributed by atoms with Crippen LogP contribution < -0.4 is 5.32 Å². The Morgan fingerprint density at radius 1 is 1.17 bits per heavy atom. The quantitative estimate of drug-likeness (QED) is 0.552. The van der Waals surface area contributed by atoms with Crippen LogP contribution in [0.15, 0.2) is 48.8 Å². The summed E-state index contributed by atoms with van der Waals surface area (Å²) in [7, 11) is 0. The Hall–Kier alpha value is -3.11. The zero-order chi connectivity index (χ0) is 20.6. The van der Waals surface area contributed by atoms with Crippen LogP contribution in [-0.2, 0) is 29.2 Å². The molecule has 1 fully saturated rings. The fourth-order valence-electron chi connectivity index (χ4n) is 3.46. The van der Waals surface area contributed by atoms with Gasteiger partial charge in [-0.15, -0.1) is 5.10 Å². The van der Waals surface area contributed by atoms with Crippen molar-refractivity contribution >= 4 is 5.91 Å². The van der Waals surface area contributed by atoms with Crippen LogP contribution in [0.3, 0.4) is 0 Å². The molecule has 0 aliphatic carbocycles. The number of hydrogen-bond donors (Lipinski definition) is 1. The first kappa shape index (κ1) is 20.2. The number of hydrogen-bond acceptors (Lipinski definition) is 7. The summed E-state index contributed by atoms with van der Waals surface area (Å²) < 4.78 is 8.91. The van der Waals surface area contributed by atoms with Crippen LogP contribution in [0.4, 0.5) is 0 Å². The third-order valence-electron chi connectivity index (χ3n) is 5.09. The molecule has 1 saturated heterocycles. The van der Waals surface area contributed by atoms with Crippen molar-refractivity contribution < 1.29 is 9.53 Å². The van der Waals surface area contributed by atoms with Gasteiger partial charge < -0.3 is 10.1 Å². The molecule has 158 valence electrons. The smallest absolute Gasteiger partial charge is 0.222 e. The van der Waals surface area contributed by atoms with Gasteiger partial charge in [0.25, 0.3) is 0 Å². The van der Waals surface area contributed by atoms with E-state index in [1.807, 2.05) is 47.3 Å². The van der Waals surface area contributed by atoms with Gasteiger partial charge in [0, 0.05) is 31.9 Å². The Morgan fingerprint density at radius 2 is 2.00 bits per heavy atom. The average molecular weight is 410 g/mol. The molecule has 1 aliphatic heterocycles. The Balaban J connectivity index is 1.34. The van der Waals surface area contributed by atoms with Crippen molar-refractivity contribution in [3.63, 3.8) is 0 Å². The summed E-state index contributed by atoms with van der Waals surface area (Å²) in [5.41, 5.74) is 1.04. The third-order valence-corrected chi connectivity index (χ3v) is 5.09. The van der Waals surface area contributed by atoms with Gasteiger partial charge in [-0.1, -0.05) is 30.3 Å². The molecular weight excluding hydrogens is 384 g/mol. The molecule has 0 saturated carbocycles. The predicted molar refractivity (Wildman–Crippen MR) is 108 cm³/mol. The van der Waals surface area contributed by atoms with Crippen molar-refractivity contribution in [1.82, 2.24) is 40.2 Å². The second-order valence-electron chi connectivity index (χ2n) is 7.22. The standard InChI is InChI=1S/C20H26N8O2/c29-20(7-10-28-19(23-24-25-28)16-26-11-13-30-14-12-26)22-18(15-27-9-4-8-21-27)17-5-2-1-3-6-17/h1-6,8-9,18H,7,10-16H2,(H,22,29). The number of benzene rings is 1. The summed E-state index contributed by atoms with van der Waals surface area (Å²) in [6.07, 6.45) is 3.92. The van der Waals surface area contributed by atoms with Crippen molar-refractivity contribution in [2.45, 2.75) is 32.1 Å². The zero-order valence-corrected chi connectivity index (χ0v) is 16.8. The number of amides is 1. The van der Waals surface area contributed by atoms with Gasteiger partial charge in [-0.3, -0.25) is 14.4 Å². The summed E-state index contributed by atoms with van der Waals surface area (Å²) in [5, 5.41) is 19.4. The minimum absolute atomic E-state index is 0.0520. The second kappa shape index (κ2) is 10.1. The minimum Gasteiger partial charge on any atom is -0.379 e. The van der Waals surface area contributed by atoms with Gasteiger partial charge in [0.05, 0.1) is 38.9 Å². The summed E-state index contributed by atoms with van der Waals surface area (Å²) in [6, 6.07) is 11.6. The van der Waals surface area contributed by atoms with Crippen molar-refractivity contribution in [2.75, 3.05) is 26.3 Å². The van der Waals surface area contributed by atoms with Crippen molar-refractivity contribution in [3.8, 4) is 0 Å². The van der Waals surface area contributed by atoms with Gasteiger partial charge in [0.15, 0.2) is 5.82 Å². The third kappa shape index (κ3) is 5.49. The first-order valence-electron chi connectivity index (χ1n) is 10.1. The Morgan fingerprint density at radius 3 is 2.77 bits per heavy atom. The van der Waals surface area contributed by atoms with Crippen LogP contribution in [0.5, 0.6) is 0 Å². The fraction of sp³-hybridized carbons (Fsp3) is 0.450. The number of aryl methyl sites for hydroxylation is 1. The van der Waals surface area contributed by atoms with Crippen LogP contribution in [-0.4, -0.2) is 67.1 Å². The number of nitrogens with zero attached hydrogens (tertiary/aromatic N) is 7. The molecule has 2 aromatic heterocycles. The highest BCUT2D eigenvalue weighted by Crippen LogP contribution is 2.15. The molecule has 3 heterocycles. The Bertz CT molecular complexity index is 906. The molecule has 4 rings (SSSR count). The number of aromatic nitrogens is 6. The number of morpholine rings is 1. The van der Waals surface area contributed by atoms with Gasteiger partial charge in [-0.05, 0) is 22.1 Å². The van der Waals surface area contributed by atoms with Gasteiger partial charge in [0.2, 0.25) is 5.91 Å². The molecule has 1 aliphatic rings. The lowest BCUT2D eigenvalue weighted by molar-refractivity contribution is -0.122. The van der Waals surface area contributed by atoms with E-state index in [-0.39, 0.29) is 11.9 Å². The van der Waals surface area contributed by atoms with Crippen molar-refractivity contribution in [2.24, 2.45) is 0 Å². The number of tetrazole rings is 1. The van der Waals surface area contributed by atoms with Gasteiger partial charge in [0.1, 0.15) is 0 Å². The number of carbonyl (C=O) groups is 1. The minimum atomic E-state index is -0.166. The number of ether oxygens (including phenoxy) is 1. The molecule has 3 aromatic rings. The Labute approximate surface area is 174 Å². The van der Waals surface area contributed by atoms with E-state index in [0.717, 1.165) is 37.7 Å². The molecule has 10 nitrogen and oxygen atoms in total. The van der Waals surface area contributed by atoms with E-state index in [4.69, 9.17) is 4.74 Å². The van der Waals surface area contributed by atoms with E-state index < -0.39 is 0 Å². The van der Waals surface area contributed by atoms with Crippen molar-refractivity contribution in [1.29, 1.82) is 0 Å². The monoisotopic (exact) mass is 410 g/mol. The molecule has 1 unspecified atom stereocenters. The molecule has 0 spiro atoms. The largest absolute Gasteiger partial charge is 0.379 e. The lowest BCUT2D eigenvalue weighted by Crippen LogP contribution is -2.36. The highest BCUT2D eigenvalue weighted by Gasteiger charge is 2.18. The molecule has 30 heavy (non-hydrogen) atoms. The van der Waals surface area contributed by atoms with E-state index in [1.54, 1.807) is 10.9 Å². The SMILES string of the molecule is O=C(CCn1nnnc1CN1CCOCC1)NC(Cn1cccn1)c1ccccc1. The average Bonchev–Trinajstić information content (AvgIpc) is 3.45. The van der Waals surface area contributed by atoms with Crippen LogP contribution in [0.25, 0.3) is 0 Å². The van der Waals surface area contributed by atoms with Crippen LogP contribution in [0.2, 0.25) is 0 Å². The number of carbonyl (C=O) groups excluding carboxylic acids is 1. The van der Waals surface area contributed by atoms with Gasteiger partial charge in [-0.2, -0.15) is 5.10 Å². The molecule has 0 radical (unpaired) electrons. The summed E-state index contributed by atoms with van der Waals surface area (Å²) in [5.74, 6) is 0.713. The van der Waals surface area contributed by atoms with Gasteiger partial charge in [-0.25, -0.2) is 4.68 Å². The lowest BCUT2D eigenvalue weighted by atomic mass is 10.1. The summed E-state index contributed by atoms with van der Waals surface area (Å²) in [4.78, 5) is 15.0. The zero-order valence-electron chi connectivity index (χ0n) is 16.8. The normalized spacial score (nSPS) is 15.7. The first-order valence-corrected chi connectivity index (χ1v) is 10.1. The molecule has 1 amide bonds. The summed E-state index contributed by atoms with van der Waals surface area (Å²) >= 11 is 0. The first-order chi connectivity index (χ1) is 14.8. The summed E-state index contributed by atoms with van der Waals surface area (Å²) in [6.45, 7) is 4.82. The molecular formula is C20H26N8O2. The Kier molecular flexibility index (Phi) is 6.78. The highest BCUT2D eigenvalue weighted by atomic mass is 16.5. The lowest BCUT2D eigenvalue weighted by Gasteiger charge is -2.25. The van der Waals surface area contributed by atoms with Crippen LogP contribution in [0.1, 0.15) is 23.9 Å². The maximum absolute atomic E-state index is 12.7. The molecule has 1 atom stereocenters. The molecule has 1 aromatic carbocycles. The van der Waals surface area contributed by atoms with E-state index in [2.05, 4.69) is 30.8 Å². The number of rotatable bonds is 9. The maximum atomic E-state index is 12.7. The second-order valence-corrected chi connectivity index (χ2v) is 7.22. The maximum Gasteiger partial charge on any atom is 0.222 e. The van der Waals surface area contributed by atoms with Crippen LogP contribution in [0, 0.1) is 0 Å². The molecule has 10 heteroatoms.